The Morgan fingerprint density at radius 2 is 1.85 bits per heavy atom. The van der Waals surface area contributed by atoms with E-state index in [9.17, 15) is 18.0 Å². The van der Waals surface area contributed by atoms with Crippen LogP contribution < -0.4 is 4.74 Å². The molecule has 0 aromatic heterocycles. The van der Waals surface area contributed by atoms with Gasteiger partial charge in [0.2, 0.25) is 0 Å². The Morgan fingerprint density at radius 3 is 2.46 bits per heavy atom. The zero-order valence-electron chi connectivity index (χ0n) is 14.7. The average molecular weight is 381 g/mol. The van der Waals surface area contributed by atoms with Crippen LogP contribution in [0.2, 0.25) is 0 Å². The third kappa shape index (κ3) is 4.75. The van der Waals surface area contributed by atoms with Gasteiger partial charge < -0.3 is 14.4 Å². The number of carbonyl (C=O) groups excluding carboxylic acids is 2. The van der Waals surface area contributed by atoms with Gasteiger partial charge in [-0.05, 0) is 37.8 Å². The predicted molar refractivity (Wildman–Crippen MR) is 94.6 cm³/mol. The lowest BCUT2D eigenvalue weighted by atomic mass is 10.2. The van der Waals surface area contributed by atoms with Crippen molar-refractivity contribution in [1.29, 1.82) is 0 Å². The number of hydrogen-bond donors (Lipinski definition) is 0. The van der Waals surface area contributed by atoms with E-state index in [0.29, 0.717) is 12.2 Å². The second-order valence-corrected chi connectivity index (χ2v) is 9.03. The monoisotopic (exact) mass is 381 g/mol. The molecule has 0 bridgehead atoms. The third-order valence-electron chi connectivity index (χ3n) is 4.63. The normalized spacial score (nSPS) is 21.2. The Kier molecular flexibility index (Phi) is 5.50. The molecule has 7 nitrogen and oxygen atoms in total. The standard InChI is InChI=1S/C18H23NO6S/c1-13-4-2-3-5-16(13)24-11-18(21)25-10-17(20)19(14-6-7-14)15-8-9-26(22,23)12-15/h2-5,14-15H,6-12H2,1H3/t15-/m0/s1. The first-order valence-electron chi connectivity index (χ1n) is 8.71. The fourth-order valence-corrected chi connectivity index (χ4v) is 4.88. The molecular formula is C18H23NO6S. The number of rotatable bonds is 7. The van der Waals surface area contributed by atoms with Crippen LogP contribution in [0.3, 0.4) is 0 Å². The van der Waals surface area contributed by atoms with Gasteiger partial charge in [0, 0.05) is 12.1 Å². The second-order valence-electron chi connectivity index (χ2n) is 6.80. The fraction of sp³-hybridized carbons (Fsp3) is 0.556. The van der Waals surface area contributed by atoms with Gasteiger partial charge in [-0.2, -0.15) is 0 Å². The lowest BCUT2D eigenvalue weighted by Gasteiger charge is -2.28. The van der Waals surface area contributed by atoms with Gasteiger partial charge in [0.1, 0.15) is 5.75 Å². The van der Waals surface area contributed by atoms with E-state index in [1.807, 2.05) is 19.1 Å². The Labute approximate surface area is 153 Å². The minimum atomic E-state index is -3.08. The molecule has 26 heavy (non-hydrogen) atoms. The minimum Gasteiger partial charge on any atom is -0.482 e. The summed E-state index contributed by atoms with van der Waals surface area (Å²) < 4.78 is 33.8. The number of amides is 1. The van der Waals surface area contributed by atoms with Crippen molar-refractivity contribution in [1.82, 2.24) is 4.90 Å². The van der Waals surface area contributed by atoms with Gasteiger partial charge >= 0.3 is 5.97 Å². The van der Waals surface area contributed by atoms with Crippen molar-refractivity contribution in [3.63, 3.8) is 0 Å². The first-order valence-corrected chi connectivity index (χ1v) is 10.5. The number of carbonyl (C=O) groups is 2. The maximum absolute atomic E-state index is 12.5. The highest BCUT2D eigenvalue weighted by atomic mass is 32.2. The zero-order valence-corrected chi connectivity index (χ0v) is 15.5. The first kappa shape index (κ1) is 18.7. The summed E-state index contributed by atoms with van der Waals surface area (Å²) in [5.41, 5.74) is 0.902. The molecule has 2 aliphatic rings. The number of nitrogens with zero attached hydrogens (tertiary/aromatic N) is 1. The predicted octanol–water partition coefficient (Wildman–Crippen LogP) is 1.10. The summed E-state index contributed by atoms with van der Waals surface area (Å²) in [4.78, 5) is 25.9. The summed E-state index contributed by atoms with van der Waals surface area (Å²) in [7, 11) is -3.08. The Morgan fingerprint density at radius 1 is 1.12 bits per heavy atom. The smallest absolute Gasteiger partial charge is 0.344 e. The van der Waals surface area contributed by atoms with Crippen LogP contribution in [-0.2, 0) is 24.2 Å². The molecule has 0 spiro atoms. The SMILES string of the molecule is Cc1ccccc1OCC(=O)OCC(=O)N(C1CC1)[C@H]1CCS(=O)(=O)C1. The molecule has 1 saturated heterocycles. The molecule has 1 atom stereocenters. The van der Waals surface area contributed by atoms with Crippen molar-refractivity contribution < 1.29 is 27.5 Å². The van der Waals surface area contributed by atoms with Crippen LogP contribution in [0.5, 0.6) is 5.75 Å². The summed E-state index contributed by atoms with van der Waals surface area (Å²) in [6.45, 7) is 1.20. The van der Waals surface area contributed by atoms with Gasteiger partial charge in [-0.3, -0.25) is 4.79 Å². The fourth-order valence-electron chi connectivity index (χ4n) is 3.17. The van der Waals surface area contributed by atoms with Crippen molar-refractivity contribution in [2.45, 2.75) is 38.3 Å². The van der Waals surface area contributed by atoms with Crippen LogP contribution >= 0.6 is 0 Å². The van der Waals surface area contributed by atoms with E-state index in [0.717, 1.165) is 18.4 Å². The van der Waals surface area contributed by atoms with Crippen molar-refractivity contribution in [3.8, 4) is 5.75 Å². The Balaban J connectivity index is 1.49. The summed E-state index contributed by atoms with van der Waals surface area (Å²) in [5.74, 6) is -0.264. The molecule has 0 radical (unpaired) electrons. The summed E-state index contributed by atoms with van der Waals surface area (Å²) >= 11 is 0. The van der Waals surface area contributed by atoms with Crippen LogP contribution in [0, 0.1) is 6.92 Å². The molecule has 2 fully saturated rings. The number of hydrogen-bond acceptors (Lipinski definition) is 6. The molecule has 1 aromatic carbocycles. The van der Waals surface area contributed by atoms with Crippen molar-refractivity contribution in [3.05, 3.63) is 29.8 Å². The molecule has 1 saturated carbocycles. The number of ether oxygens (including phenoxy) is 2. The van der Waals surface area contributed by atoms with Gasteiger partial charge in [0.15, 0.2) is 23.1 Å². The second kappa shape index (κ2) is 7.65. The summed E-state index contributed by atoms with van der Waals surface area (Å²) in [6.07, 6.45) is 2.19. The summed E-state index contributed by atoms with van der Waals surface area (Å²) in [6, 6.07) is 7.07. The van der Waals surface area contributed by atoms with E-state index >= 15 is 0 Å². The van der Waals surface area contributed by atoms with Gasteiger partial charge in [-0.15, -0.1) is 0 Å². The molecule has 1 aliphatic carbocycles. The van der Waals surface area contributed by atoms with Crippen LogP contribution in [0.1, 0.15) is 24.8 Å². The quantitative estimate of drug-likeness (QED) is 0.657. The van der Waals surface area contributed by atoms with E-state index in [-0.39, 0.29) is 42.7 Å². The number of para-hydroxylation sites is 1. The van der Waals surface area contributed by atoms with Crippen molar-refractivity contribution in [2.24, 2.45) is 0 Å². The van der Waals surface area contributed by atoms with E-state index in [2.05, 4.69) is 0 Å². The highest BCUT2D eigenvalue weighted by Gasteiger charge is 2.42. The molecule has 1 heterocycles. The minimum absolute atomic E-state index is 0.000415. The molecule has 1 amide bonds. The number of benzene rings is 1. The van der Waals surface area contributed by atoms with Crippen molar-refractivity contribution in [2.75, 3.05) is 24.7 Å². The van der Waals surface area contributed by atoms with Crippen LogP contribution in [-0.4, -0.2) is 62.0 Å². The molecular weight excluding hydrogens is 358 g/mol. The molecule has 0 N–H and O–H groups in total. The topological polar surface area (TPSA) is 90.0 Å². The molecule has 1 aliphatic heterocycles. The highest BCUT2D eigenvalue weighted by Crippen LogP contribution is 2.32. The van der Waals surface area contributed by atoms with Gasteiger partial charge in [0.25, 0.3) is 5.91 Å². The van der Waals surface area contributed by atoms with E-state index < -0.39 is 15.8 Å². The highest BCUT2D eigenvalue weighted by molar-refractivity contribution is 7.91. The maximum atomic E-state index is 12.5. The zero-order chi connectivity index (χ0) is 18.7. The maximum Gasteiger partial charge on any atom is 0.344 e. The number of aryl methyl sites for hydroxylation is 1. The molecule has 142 valence electrons. The molecule has 1 aromatic rings. The third-order valence-corrected chi connectivity index (χ3v) is 6.38. The molecule has 8 heteroatoms. The van der Waals surface area contributed by atoms with Crippen LogP contribution in [0.15, 0.2) is 24.3 Å². The van der Waals surface area contributed by atoms with E-state index in [4.69, 9.17) is 9.47 Å². The van der Waals surface area contributed by atoms with Gasteiger partial charge in [-0.25, -0.2) is 13.2 Å². The Bertz CT molecular complexity index is 787. The molecule has 3 rings (SSSR count). The van der Waals surface area contributed by atoms with Gasteiger partial charge in [-0.1, -0.05) is 18.2 Å². The Hall–Kier alpha value is -2.09. The van der Waals surface area contributed by atoms with Gasteiger partial charge in [0.05, 0.1) is 11.5 Å². The lowest BCUT2D eigenvalue weighted by Crippen LogP contribution is -2.45. The molecule has 0 unspecified atom stereocenters. The van der Waals surface area contributed by atoms with E-state index in [1.165, 1.54) is 0 Å². The van der Waals surface area contributed by atoms with Crippen LogP contribution in [0.25, 0.3) is 0 Å². The number of sulfone groups is 1. The number of esters is 1. The largest absolute Gasteiger partial charge is 0.482 e. The van der Waals surface area contributed by atoms with Crippen molar-refractivity contribution >= 4 is 21.7 Å². The first-order chi connectivity index (χ1) is 12.4. The average Bonchev–Trinajstić information content (AvgIpc) is 3.35. The lowest BCUT2D eigenvalue weighted by molar-refractivity contribution is -0.154. The van der Waals surface area contributed by atoms with Crippen LogP contribution in [0.4, 0.5) is 0 Å². The summed E-state index contributed by atoms with van der Waals surface area (Å²) in [5, 5.41) is 0. The van der Waals surface area contributed by atoms with E-state index in [1.54, 1.807) is 17.0 Å².